The molecule has 110 valence electrons. The van der Waals surface area contributed by atoms with Crippen molar-refractivity contribution < 1.29 is 9.59 Å². The largest absolute Gasteiger partial charge is 0.338 e. The van der Waals surface area contributed by atoms with Crippen molar-refractivity contribution in [3.05, 3.63) is 24.3 Å². The Morgan fingerprint density at radius 1 is 1.15 bits per heavy atom. The Kier molecular flexibility index (Phi) is 7.13. The number of carbonyl (C=O) groups excluding carboxylic acids is 2. The van der Waals surface area contributed by atoms with Crippen molar-refractivity contribution in [2.75, 3.05) is 30.8 Å². The van der Waals surface area contributed by atoms with Crippen LogP contribution in [0.4, 0.5) is 16.2 Å². The van der Waals surface area contributed by atoms with E-state index in [-0.39, 0.29) is 11.9 Å². The highest BCUT2D eigenvalue weighted by Crippen LogP contribution is 2.15. The van der Waals surface area contributed by atoms with Crippen LogP contribution in [0.25, 0.3) is 0 Å². The molecule has 6 heteroatoms. The fourth-order valence-electron chi connectivity index (χ4n) is 1.66. The van der Waals surface area contributed by atoms with Gasteiger partial charge in [0.1, 0.15) is 0 Å². The van der Waals surface area contributed by atoms with E-state index in [9.17, 15) is 9.59 Å². The smallest absolute Gasteiger partial charge is 0.319 e. The van der Waals surface area contributed by atoms with Crippen LogP contribution in [0.3, 0.4) is 0 Å². The number of hydrogen-bond acceptors (Lipinski definition) is 3. The number of hydrogen-bond donors (Lipinski definition) is 4. The Hall–Kier alpha value is -2.08. The van der Waals surface area contributed by atoms with E-state index in [1.807, 2.05) is 14.0 Å². The third-order valence-corrected chi connectivity index (χ3v) is 2.57. The van der Waals surface area contributed by atoms with Gasteiger partial charge < -0.3 is 21.3 Å². The third-order valence-electron chi connectivity index (χ3n) is 2.57. The minimum atomic E-state index is -0.259. The highest BCUT2D eigenvalue weighted by molar-refractivity contribution is 5.93. The SMILES string of the molecule is CCNC(=O)Nc1cccc(NC(=O)CCCNC)c1. The Bertz CT molecular complexity index is 449. The van der Waals surface area contributed by atoms with Gasteiger partial charge >= 0.3 is 6.03 Å². The predicted molar refractivity (Wildman–Crippen MR) is 80.9 cm³/mol. The van der Waals surface area contributed by atoms with Gasteiger partial charge in [-0.1, -0.05) is 6.07 Å². The van der Waals surface area contributed by atoms with Gasteiger partial charge in [0.05, 0.1) is 0 Å². The fraction of sp³-hybridized carbons (Fsp3) is 0.429. The molecule has 0 atom stereocenters. The molecule has 0 aliphatic heterocycles. The van der Waals surface area contributed by atoms with Gasteiger partial charge in [0.2, 0.25) is 5.91 Å². The lowest BCUT2D eigenvalue weighted by molar-refractivity contribution is -0.116. The zero-order valence-electron chi connectivity index (χ0n) is 12.0. The second-order valence-corrected chi connectivity index (χ2v) is 4.32. The molecule has 1 aromatic rings. The second-order valence-electron chi connectivity index (χ2n) is 4.32. The summed E-state index contributed by atoms with van der Waals surface area (Å²) in [5.74, 6) is -0.0320. The molecular formula is C14H22N4O2. The van der Waals surface area contributed by atoms with Crippen molar-refractivity contribution in [2.45, 2.75) is 19.8 Å². The number of rotatable bonds is 7. The predicted octanol–water partition coefficient (Wildman–Crippen LogP) is 1.77. The van der Waals surface area contributed by atoms with E-state index in [1.165, 1.54) is 0 Å². The minimum absolute atomic E-state index is 0.0320. The van der Waals surface area contributed by atoms with Crippen LogP contribution in [0.15, 0.2) is 24.3 Å². The molecule has 0 aromatic heterocycles. The molecule has 0 spiro atoms. The molecule has 6 nitrogen and oxygen atoms in total. The zero-order valence-corrected chi connectivity index (χ0v) is 12.0. The molecular weight excluding hydrogens is 256 g/mol. The Labute approximate surface area is 119 Å². The number of anilines is 2. The molecule has 0 bridgehead atoms. The quantitative estimate of drug-likeness (QED) is 0.574. The maximum absolute atomic E-state index is 11.7. The van der Waals surface area contributed by atoms with Gasteiger partial charge in [0.25, 0.3) is 0 Å². The van der Waals surface area contributed by atoms with Gasteiger partial charge in [-0.2, -0.15) is 0 Å². The summed E-state index contributed by atoms with van der Waals surface area (Å²) in [6.07, 6.45) is 1.26. The molecule has 0 radical (unpaired) electrons. The van der Waals surface area contributed by atoms with E-state index in [2.05, 4.69) is 21.3 Å². The Balaban J connectivity index is 2.50. The lowest BCUT2D eigenvalue weighted by Crippen LogP contribution is -2.28. The van der Waals surface area contributed by atoms with Crippen molar-refractivity contribution >= 4 is 23.3 Å². The number of carbonyl (C=O) groups is 2. The molecule has 4 N–H and O–H groups in total. The van der Waals surface area contributed by atoms with Gasteiger partial charge in [0.15, 0.2) is 0 Å². The van der Waals surface area contributed by atoms with Crippen LogP contribution >= 0.6 is 0 Å². The van der Waals surface area contributed by atoms with Gasteiger partial charge in [-0.15, -0.1) is 0 Å². The van der Waals surface area contributed by atoms with E-state index < -0.39 is 0 Å². The average molecular weight is 278 g/mol. The summed E-state index contributed by atoms with van der Waals surface area (Å²) < 4.78 is 0. The molecule has 1 rings (SSSR count). The zero-order chi connectivity index (χ0) is 14.8. The van der Waals surface area contributed by atoms with Crippen LogP contribution in [0.1, 0.15) is 19.8 Å². The van der Waals surface area contributed by atoms with Crippen molar-refractivity contribution in [1.82, 2.24) is 10.6 Å². The molecule has 0 aliphatic rings. The van der Waals surface area contributed by atoms with Crippen LogP contribution in [0.2, 0.25) is 0 Å². The monoisotopic (exact) mass is 278 g/mol. The first-order valence-electron chi connectivity index (χ1n) is 6.75. The second kappa shape index (κ2) is 8.92. The maximum Gasteiger partial charge on any atom is 0.319 e. The lowest BCUT2D eigenvalue weighted by atomic mass is 10.2. The number of nitrogens with one attached hydrogen (secondary N) is 4. The minimum Gasteiger partial charge on any atom is -0.338 e. The molecule has 0 fully saturated rings. The molecule has 0 saturated carbocycles. The van der Waals surface area contributed by atoms with Crippen LogP contribution in [-0.2, 0) is 4.79 Å². The van der Waals surface area contributed by atoms with E-state index in [1.54, 1.807) is 24.3 Å². The first-order valence-corrected chi connectivity index (χ1v) is 6.75. The summed E-state index contributed by atoms with van der Waals surface area (Å²) in [5, 5.41) is 11.1. The Morgan fingerprint density at radius 3 is 2.50 bits per heavy atom. The van der Waals surface area contributed by atoms with Crippen LogP contribution in [-0.4, -0.2) is 32.1 Å². The van der Waals surface area contributed by atoms with E-state index in [0.29, 0.717) is 24.3 Å². The summed E-state index contributed by atoms with van der Waals surface area (Å²) >= 11 is 0. The first kappa shape index (κ1) is 16.0. The average Bonchev–Trinajstić information content (AvgIpc) is 2.39. The van der Waals surface area contributed by atoms with Crippen molar-refractivity contribution in [1.29, 1.82) is 0 Å². The van der Waals surface area contributed by atoms with Gasteiger partial charge in [-0.25, -0.2) is 4.79 Å². The normalized spacial score (nSPS) is 9.90. The van der Waals surface area contributed by atoms with Gasteiger partial charge in [0, 0.05) is 24.3 Å². The maximum atomic E-state index is 11.7. The van der Waals surface area contributed by atoms with Crippen molar-refractivity contribution in [2.24, 2.45) is 0 Å². The highest BCUT2D eigenvalue weighted by atomic mass is 16.2. The molecule has 3 amide bonds. The fourth-order valence-corrected chi connectivity index (χ4v) is 1.66. The molecule has 20 heavy (non-hydrogen) atoms. The van der Waals surface area contributed by atoms with E-state index in [0.717, 1.165) is 13.0 Å². The molecule has 0 heterocycles. The highest BCUT2D eigenvalue weighted by Gasteiger charge is 2.04. The van der Waals surface area contributed by atoms with Crippen LogP contribution < -0.4 is 21.3 Å². The standard InChI is InChI=1S/C14H22N4O2/c1-3-16-14(20)18-12-7-4-6-11(10-12)17-13(19)8-5-9-15-2/h4,6-7,10,15H,3,5,8-9H2,1-2H3,(H,17,19)(H2,16,18,20). The Morgan fingerprint density at radius 2 is 1.85 bits per heavy atom. The number of amides is 3. The molecule has 0 aliphatic carbocycles. The molecule has 1 aromatic carbocycles. The van der Waals surface area contributed by atoms with Crippen LogP contribution in [0.5, 0.6) is 0 Å². The van der Waals surface area contributed by atoms with Crippen LogP contribution in [0, 0.1) is 0 Å². The third kappa shape index (κ3) is 6.19. The van der Waals surface area contributed by atoms with Gasteiger partial charge in [-0.05, 0) is 45.1 Å². The summed E-state index contributed by atoms with van der Waals surface area (Å²) in [5.41, 5.74) is 1.32. The van der Waals surface area contributed by atoms with Crippen molar-refractivity contribution in [3.63, 3.8) is 0 Å². The number of benzene rings is 1. The summed E-state index contributed by atoms with van der Waals surface area (Å²) in [6.45, 7) is 3.22. The summed E-state index contributed by atoms with van der Waals surface area (Å²) in [6, 6.07) is 6.81. The van der Waals surface area contributed by atoms with Gasteiger partial charge in [-0.3, -0.25) is 4.79 Å². The summed E-state index contributed by atoms with van der Waals surface area (Å²) in [4.78, 5) is 23.1. The molecule has 0 unspecified atom stereocenters. The van der Waals surface area contributed by atoms with E-state index >= 15 is 0 Å². The topological polar surface area (TPSA) is 82.3 Å². The van der Waals surface area contributed by atoms with E-state index in [4.69, 9.17) is 0 Å². The number of urea groups is 1. The first-order chi connectivity index (χ1) is 9.65. The summed E-state index contributed by atoms with van der Waals surface area (Å²) in [7, 11) is 1.86. The molecule has 0 saturated heterocycles. The van der Waals surface area contributed by atoms with Crippen molar-refractivity contribution in [3.8, 4) is 0 Å². The lowest BCUT2D eigenvalue weighted by Gasteiger charge is -2.09.